The molecule has 9 heteroatoms. The molecule has 9 nitrogen and oxygen atoms in total. The van der Waals surface area contributed by atoms with E-state index in [9.17, 15) is 19.2 Å². The van der Waals surface area contributed by atoms with Crippen molar-refractivity contribution in [2.45, 2.75) is 201 Å². The monoisotopic (exact) mass is 760 g/mol. The maximum atomic E-state index is 12.5. The topological polar surface area (TPSA) is 108 Å². The third-order valence-electron chi connectivity index (χ3n) is 9.46. The third-order valence-corrected chi connectivity index (χ3v) is 9.46. The molecule has 0 aromatic heterocycles. The van der Waals surface area contributed by atoms with Crippen LogP contribution in [0.2, 0.25) is 0 Å². The maximum Gasteiger partial charge on any atom is 0.306 e. The summed E-state index contributed by atoms with van der Waals surface area (Å²) < 4.78 is 21.9. The predicted molar refractivity (Wildman–Crippen MR) is 217 cm³/mol. The van der Waals surface area contributed by atoms with Crippen LogP contribution in [0.5, 0.6) is 0 Å². The molecule has 0 N–H and O–H groups in total. The van der Waals surface area contributed by atoms with Crippen LogP contribution in [0.25, 0.3) is 0 Å². The van der Waals surface area contributed by atoms with Gasteiger partial charge < -0.3 is 23.8 Å². The van der Waals surface area contributed by atoms with Crippen LogP contribution in [-0.2, 0) is 57.9 Å². The van der Waals surface area contributed by atoms with E-state index in [4.69, 9.17) is 18.9 Å². The van der Waals surface area contributed by atoms with E-state index >= 15 is 0 Å². The minimum absolute atomic E-state index is 0.100. The van der Waals surface area contributed by atoms with Crippen molar-refractivity contribution >= 4 is 23.9 Å². The first-order chi connectivity index (χ1) is 26.2. The third kappa shape index (κ3) is 30.4. The molecule has 1 aromatic carbocycles. The van der Waals surface area contributed by atoms with Crippen LogP contribution in [0.1, 0.15) is 197 Å². The number of benzene rings is 1. The SMILES string of the molecule is CCCCCCCCOC(=O)CCCCCCCC(=O)OCc1cc(COC(=O)CCCCCCCC(=O)OCCCCCCCC)cc(CN(C)C)c1. The molecule has 0 amide bonds. The molecule has 1 aromatic rings. The number of unbranched alkanes of at least 4 members (excludes halogenated alkanes) is 18. The lowest BCUT2D eigenvalue weighted by atomic mass is 10.1. The lowest BCUT2D eigenvalue weighted by Crippen LogP contribution is -2.12. The zero-order chi connectivity index (χ0) is 39.5. The molecule has 0 spiro atoms. The Kier molecular flexibility index (Phi) is 31.4. The van der Waals surface area contributed by atoms with Crippen molar-refractivity contribution in [2.24, 2.45) is 0 Å². The first-order valence-corrected chi connectivity index (χ1v) is 21.6. The summed E-state index contributed by atoms with van der Waals surface area (Å²) in [6, 6.07) is 6.01. The molecule has 54 heavy (non-hydrogen) atoms. The number of carbonyl (C=O) groups is 4. The van der Waals surface area contributed by atoms with Crippen molar-refractivity contribution < 1.29 is 38.1 Å². The van der Waals surface area contributed by atoms with E-state index in [-0.39, 0.29) is 37.1 Å². The average molecular weight is 760 g/mol. The Morgan fingerprint density at radius 3 is 1.06 bits per heavy atom. The van der Waals surface area contributed by atoms with E-state index in [0.29, 0.717) is 38.9 Å². The van der Waals surface area contributed by atoms with Crippen molar-refractivity contribution in [1.82, 2.24) is 4.90 Å². The fourth-order valence-corrected chi connectivity index (χ4v) is 6.35. The van der Waals surface area contributed by atoms with Gasteiger partial charge in [0.1, 0.15) is 13.2 Å². The standard InChI is InChI=1S/C45H77NO8/c1-5-7-9-11-19-25-31-51-42(47)27-21-15-13-17-23-29-44(49)53-37-40-33-39(36-46(3)4)34-41(35-40)38-54-45(50)30-24-18-14-16-22-28-43(48)52-32-26-20-12-10-8-6-2/h33-35H,5-32,36-38H2,1-4H3. The van der Waals surface area contributed by atoms with Gasteiger partial charge in [0.15, 0.2) is 0 Å². The summed E-state index contributed by atoms with van der Waals surface area (Å²) in [5, 5.41) is 0. The number of hydrogen-bond acceptors (Lipinski definition) is 9. The van der Waals surface area contributed by atoms with E-state index in [1.165, 1.54) is 51.4 Å². The van der Waals surface area contributed by atoms with Gasteiger partial charge in [-0.25, -0.2) is 0 Å². The zero-order valence-corrected chi connectivity index (χ0v) is 34.9. The number of nitrogens with zero attached hydrogens (tertiary/aromatic N) is 1. The molecule has 310 valence electrons. The summed E-state index contributed by atoms with van der Waals surface area (Å²) in [4.78, 5) is 50.9. The van der Waals surface area contributed by atoms with Gasteiger partial charge in [-0.05, 0) is 75.4 Å². The second-order valence-corrected chi connectivity index (χ2v) is 15.2. The molecule has 0 saturated heterocycles. The number of ether oxygens (including phenoxy) is 4. The molecular weight excluding hydrogens is 682 g/mol. The largest absolute Gasteiger partial charge is 0.466 e. The highest BCUT2D eigenvalue weighted by molar-refractivity contribution is 5.70. The molecule has 0 fully saturated rings. The molecule has 0 heterocycles. The second kappa shape index (κ2) is 34.5. The van der Waals surface area contributed by atoms with E-state index in [1.807, 2.05) is 32.3 Å². The summed E-state index contributed by atoms with van der Waals surface area (Å²) in [5.41, 5.74) is 2.82. The van der Waals surface area contributed by atoms with Crippen molar-refractivity contribution in [3.05, 3.63) is 34.9 Å². The summed E-state index contributed by atoms with van der Waals surface area (Å²) in [7, 11) is 4.00. The predicted octanol–water partition coefficient (Wildman–Crippen LogP) is 11.1. The van der Waals surface area contributed by atoms with E-state index < -0.39 is 0 Å². The van der Waals surface area contributed by atoms with Gasteiger partial charge in [0.25, 0.3) is 0 Å². The minimum Gasteiger partial charge on any atom is -0.466 e. The van der Waals surface area contributed by atoms with Gasteiger partial charge >= 0.3 is 23.9 Å². The van der Waals surface area contributed by atoms with Gasteiger partial charge in [0, 0.05) is 32.2 Å². The molecule has 0 aliphatic heterocycles. The minimum atomic E-state index is -0.220. The van der Waals surface area contributed by atoms with Crippen LogP contribution in [0, 0.1) is 0 Å². The molecule has 0 saturated carbocycles. The van der Waals surface area contributed by atoms with Crippen molar-refractivity contribution in [2.75, 3.05) is 27.3 Å². The molecule has 0 unspecified atom stereocenters. The molecule has 0 aliphatic carbocycles. The Balaban J connectivity index is 2.21. The highest BCUT2D eigenvalue weighted by Crippen LogP contribution is 2.17. The van der Waals surface area contributed by atoms with Crippen LogP contribution in [-0.4, -0.2) is 56.1 Å². The fourth-order valence-electron chi connectivity index (χ4n) is 6.35. The van der Waals surface area contributed by atoms with Gasteiger partial charge in [0.05, 0.1) is 13.2 Å². The van der Waals surface area contributed by atoms with Crippen LogP contribution in [0.3, 0.4) is 0 Å². The Labute approximate surface area is 329 Å². The van der Waals surface area contributed by atoms with E-state index in [0.717, 1.165) is 113 Å². The molecule has 0 radical (unpaired) electrons. The average Bonchev–Trinajstić information content (AvgIpc) is 3.14. The summed E-state index contributed by atoms with van der Waals surface area (Å²) in [6.45, 7) is 6.56. The lowest BCUT2D eigenvalue weighted by Gasteiger charge is -2.14. The number of carbonyl (C=O) groups excluding carboxylic acids is 4. The van der Waals surface area contributed by atoms with Crippen molar-refractivity contribution in [3.8, 4) is 0 Å². The van der Waals surface area contributed by atoms with Crippen LogP contribution < -0.4 is 0 Å². The molecule has 0 aliphatic rings. The highest BCUT2D eigenvalue weighted by Gasteiger charge is 2.10. The quantitative estimate of drug-likeness (QED) is 0.0375. The smallest absolute Gasteiger partial charge is 0.306 e. The Morgan fingerprint density at radius 1 is 0.407 bits per heavy atom. The van der Waals surface area contributed by atoms with E-state index in [2.05, 4.69) is 18.7 Å². The zero-order valence-electron chi connectivity index (χ0n) is 34.9. The Morgan fingerprint density at radius 2 is 0.704 bits per heavy atom. The van der Waals surface area contributed by atoms with Crippen LogP contribution in [0.4, 0.5) is 0 Å². The normalized spacial score (nSPS) is 11.1. The van der Waals surface area contributed by atoms with Gasteiger partial charge in [-0.1, -0.05) is 129 Å². The summed E-state index contributed by atoms with van der Waals surface area (Å²) in [6.07, 6.45) is 24.7. The van der Waals surface area contributed by atoms with E-state index in [1.54, 1.807) is 0 Å². The first kappa shape index (κ1) is 49.1. The van der Waals surface area contributed by atoms with Crippen LogP contribution in [0.15, 0.2) is 18.2 Å². The highest BCUT2D eigenvalue weighted by atomic mass is 16.5. The Hall–Kier alpha value is -2.94. The van der Waals surface area contributed by atoms with Gasteiger partial charge in [-0.15, -0.1) is 0 Å². The lowest BCUT2D eigenvalue weighted by molar-refractivity contribution is -0.145. The van der Waals surface area contributed by atoms with Crippen molar-refractivity contribution in [1.29, 1.82) is 0 Å². The fraction of sp³-hybridized carbons (Fsp3) is 0.778. The first-order valence-electron chi connectivity index (χ1n) is 21.6. The summed E-state index contributed by atoms with van der Waals surface area (Å²) >= 11 is 0. The maximum absolute atomic E-state index is 12.5. The second-order valence-electron chi connectivity index (χ2n) is 15.2. The molecule has 0 bridgehead atoms. The molecule has 0 atom stereocenters. The molecule has 1 rings (SSSR count). The number of hydrogen-bond donors (Lipinski definition) is 0. The number of rotatable bonds is 36. The summed E-state index contributed by atoms with van der Waals surface area (Å²) in [5.74, 6) is -0.640. The van der Waals surface area contributed by atoms with Crippen LogP contribution >= 0.6 is 0 Å². The molecular formula is C45H77NO8. The Bertz CT molecular complexity index is 1040. The van der Waals surface area contributed by atoms with Gasteiger partial charge in [-0.2, -0.15) is 0 Å². The van der Waals surface area contributed by atoms with Crippen molar-refractivity contribution in [3.63, 3.8) is 0 Å². The van der Waals surface area contributed by atoms with Gasteiger partial charge in [-0.3, -0.25) is 19.2 Å². The number of esters is 4. The van der Waals surface area contributed by atoms with Gasteiger partial charge in [0.2, 0.25) is 0 Å².